The number of nitrogens with zero attached hydrogens (tertiary/aromatic N) is 3. The molecule has 1 aliphatic rings. The Labute approximate surface area is 95.5 Å². The molecule has 2 rings (SSSR count). The summed E-state index contributed by atoms with van der Waals surface area (Å²) in [6, 6.07) is 0. The van der Waals surface area contributed by atoms with Crippen LogP contribution in [0.2, 0.25) is 0 Å². The lowest BCUT2D eigenvalue weighted by Crippen LogP contribution is -2.34. The van der Waals surface area contributed by atoms with E-state index in [1.54, 1.807) is 9.25 Å². The van der Waals surface area contributed by atoms with E-state index >= 15 is 0 Å². The van der Waals surface area contributed by atoms with Crippen LogP contribution in [-0.4, -0.2) is 20.9 Å². The molecule has 0 saturated heterocycles. The van der Waals surface area contributed by atoms with Crippen LogP contribution in [0.25, 0.3) is 0 Å². The van der Waals surface area contributed by atoms with Crippen LogP contribution in [0.15, 0.2) is 4.79 Å². The molecule has 1 aliphatic heterocycles. The molecule has 1 aromatic rings. The van der Waals surface area contributed by atoms with E-state index in [-0.39, 0.29) is 11.1 Å². The number of hydrogen-bond donors (Lipinski definition) is 1. The second-order valence-electron chi connectivity index (χ2n) is 5.56. The van der Waals surface area contributed by atoms with Crippen molar-refractivity contribution in [1.29, 1.82) is 0 Å². The van der Waals surface area contributed by atoms with Crippen LogP contribution in [-0.2, 0) is 19.6 Å². The predicted molar refractivity (Wildman–Crippen MR) is 62.3 cm³/mol. The summed E-state index contributed by atoms with van der Waals surface area (Å²) in [6.45, 7) is 9.54. The molecule has 0 bridgehead atoms. The molecule has 0 amide bonds. The molecule has 0 aromatic carbocycles. The molecular weight excluding hydrogens is 204 g/mol. The quantitative estimate of drug-likeness (QED) is 0.799. The highest BCUT2D eigenvalue weighted by Crippen LogP contribution is 2.18. The third-order valence-corrected chi connectivity index (χ3v) is 2.87. The SMILES string of the molecule is CC(C)(C)CCn1nc2n(c1=O)CCNC2. The van der Waals surface area contributed by atoms with Crippen LogP contribution >= 0.6 is 0 Å². The summed E-state index contributed by atoms with van der Waals surface area (Å²) in [5, 5.41) is 7.58. The van der Waals surface area contributed by atoms with Crippen molar-refractivity contribution in [3.05, 3.63) is 16.3 Å². The Morgan fingerprint density at radius 1 is 1.44 bits per heavy atom. The van der Waals surface area contributed by atoms with E-state index < -0.39 is 0 Å². The van der Waals surface area contributed by atoms with E-state index in [2.05, 4.69) is 31.2 Å². The van der Waals surface area contributed by atoms with Crippen LogP contribution < -0.4 is 11.0 Å². The van der Waals surface area contributed by atoms with Crippen LogP contribution in [0.4, 0.5) is 0 Å². The fraction of sp³-hybridized carbons (Fsp3) is 0.818. The third-order valence-electron chi connectivity index (χ3n) is 2.87. The molecule has 0 atom stereocenters. The topological polar surface area (TPSA) is 51.9 Å². The molecule has 5 nitrogen and oxygen atoms in total. The second kappa shape index (κ2) is 4.05. The van der Waals surface area contributed by atoms with Crippen LogP contribution in [0.1, 0.15) is 33.0 Å². The first-order chi connectivity index (χ1) is 7.47. The van der Waals surface area contributed by atoms with Crippen molar-refractivity contribution in [3.63, 3.8) is 0 Å². The average molecular weight is 224 g/mol. The number of rotatable bonds is 2. The van der Waals surface area contributed by atoms with Gasteiger partial charge in [0.25, 0.3) is 0 Å². The van der Waals surface area contributed by atoms with Gasteiger partial charge in [0.15, 0.2) is 0 Å². The first-order valence-corrected chi connectivity index (χ1v) is 5.85. The number of aromatic nitrogens is 3. The fourth-order valence-electron chi connectivity index (χ4n) is 1.82. The lowest BCUT2D eigenvalue weighted by atomic mass is 9.92. The second-order valence-corrected chi connectivity index (χ2v) is 5.56. The van der Waals surface area contributed by atoms with Gasteiger partial charge in [0, 0.05) is 19.6 Å². The van der Waals surface area contributed by atoms with E-state index in [0.717, 1.165) is 25.3 Å². The van der Waals surface area contributed by atoms with E-state index in [0.29, 0.717) is 13.1 Å². The van der Waals surface area contributed by atoms with Gasteiger partial charge in [-0.3, -0.25) is 4.57 Å². The highest BCUT2D eigenvalue weighted by Gasteiger charge is 2.17. The summed E-state index contributed by atoms with van der Waals surface area (Å²) >= 11 is 0. The minimum atomic E-state index is 0.0424. The van der Waals surface area contributed by atoms with Gasteiger partial charge in [0.05, 0.1) is 6.54 Å². The Bertz CT molecular complexity index is 424. The van der Waals surface area contributed by atoms with Gasteiger partial charge < -0.3 is 5.32 Å². The zero-order chi connectivity index (χ0) is 11.8. The zero-order valence-electron chi connectivity index (χ0n) is 10.3. The Balaban J connectivity index is 2.16. The van der Waals surface area contributed by atoms with Crippen molar-refractivity contribution >= 4 is 0 Å². The van der Waals surface area contributed by atoms with Crippen molar-refractivity contribution in [2.45, 2.75) is 46.8 Å². The molecule has 2 heterocycles. The van der Waals surface area contributed by atoms with Gasteiger partial charge in [0.2, 0.25) is 0 Å². The number of hydrogen-bond acceptors (Lipinski definition) is 3. The Kier molecular flexibility index (Phi) is 2.88. The molecule has 0 saturated carbocycles. The van der Waals surface area contributed by atoms with Crippen molar-refractivity contribution in [2.24, 2.45) is 5.41 Å². The maximum Gasteiger partial charge on any atom is 0.345 e. The normalized spacial score (nSPS) is 16.2. The first-order valence-electron chi connectivity index (χ1n) is 5.85. The van der Waals surface area contributed by atoms with E-state index in [9.17, 15) is 4.79 Å². The predicted octanol–water partition coefficient (Wildman–Crippen LogP) is 0.584. The van der Waals surface area contributed by atoms with Crippen molar-refractivity contribution in [3.8, 4) is 0 Å². The van der Waals surface area contributed by atoms with E-state index in [1.165, 1.54) is 0 Å². The largest absolute Gasteiger partial charge is 0.345 e. The first kappa shape index (κ1) is 11.4. The molecule has 1 aromatic heterocycles. The Morgan fingerprint density at radius 2 is 2.19 bits per heavy atom. The summed E-state index contributed by atoms with van der Waals surface area (Å²) in [6.07, 6.45) is 0.969. The number of aryl methyl sites for hydroxylation is 1. The van der Waals surface area contributed by atoms with Crippen molar-refractivity contribution < 1.29 is 0 Å². The van der Waals surface area contributed by atoms with Gasteiger partial charge in [0.1, 0.15) is 5.82 Å². The molecule has 5 heteroatoms. The monoisotopic (exact) mass is 224 g/mol. The van der Waals surface area contributed by atoms with Crippen molar-refractivity contribution in [2.75, 3.05) is 6.54 Å². The van der Waals surface area contributed by atoms with Crippen LogP contribution in [0.5, 0.6) is 0 Å². The lowest BCUT2D eigenvalue weighted by Gasteiger charge is -2.16. The van der Waals surface area contributed by atoms with Crippen LogP contribution in [0.3, 0.4) is 0 Å². The van der Waals surface area contributed by atoms with Gasteiger partial charge in [-0.25, -0.2) is 9.48 Å². The highest BCUT2D eigenvalue weighted by atomic mass is 16.2. The molecule has 0 fully saturated rings. The Hall–Kier alpha value is -1.10. The van der Waals surface area contributed by atoms with Gasteiger partial charge in [-0.05, 0) is 11.8 Å². The Morgan fingerprint density at radius 3 is 2.81 bits per heavy atom. The average Bonchev–Trinajstić information content (AvgIpc) is 2.53. The van der Waals surface area contributed by atoms with Crippen molar-refractivity contribution in [1.82, 2.24) is 19.7 Å². The summed E-state index contributed by atoms with van der Waals surface area (Å²) in [5.41, 5.74) is 0.280. The summed E-state index contributed by atoms with van der Waals surface area (Å²) in [7, 11) is 0. The van der Waals surface area contributed by atoms with Crippen LogP contribution in [0, 0.1) is 5.41 Å². The third kappa shape index (κ3) is 2.35. The molecule has 1 N–H and O–H groups in total. The molecule has 0 spiro atoms. The van der Waals surface area contributed by atoms with E-state index in [1.807, 2.05) is 0 Å². The molecule has 16 heavy (non-hydrogen) atoms. The lowest BCUT2D eigenvalue weighted by molar-refractivity contribution is 0.337. The minimum Gasteiger partial charge on any atom is -0.308 e. The number of nitrogens with one attached hydrogen (secondary N) is 1. The van der Waals surface area contributed by atoms with Gasteiger partial charge in [-0.15, -0.1) is 0 Å². The molecule has 0 aliphatic carbocycles. The zero-order valence-corrected chi connectivity index (χ0v) is 10.3. The summed E-state index contributed by atoms with van der Waals surface area (Å²) in [4.78, 5) is 12.0. The summed E-state index contributed by atoms with van der Waals surface area (Å²) < 4.78 is 3.38. The van der Waals surface area contributed by atoms with Gasteiger partial charge >= 0.3 is 5.69 Å². The maximum atomic E-state index is 12.0. The van der Waals surface area contributed by atoms with Gasteiger partial charge in [-0.1, -0.05) is 20.8 Å². The minimum absolute atomic E-state index is 0.0424. The highest BCUT2D eigenvalue weighted by molar-refractivity contribution is 4.90. The number of fused-ring (bicyclic) bond motifs is 1. The molecule has 90 valence electrons. The fourth-order valence-corrected chi connectivity index (χ4v) is 1.82. The molecule has 0 radical (unpaired) electrons. The van der Waals surface area contributed by atoms with E-state index in [4.69, 9.17) is 0 Å². The maximum absolute atomic E-state index is 12.0. The standard InChI is InChI=1S/C11H20N4O/c1-11(2,3)4-6-15-10(16)14-7-5-12-8-9(14)13-15/h12H,4-8H2,1-3H3. The molecule has 0 unspecified atom stereocenters. The summed E-state index contributed by atoms with van der Waals surface area (Å²) in [5.74, 6) is 0.866. The smallest absolute Gasteiger partial charge is 0.308 e. The molecular formula is C11H20N4O. The van der Waals surface area contributed by atoms with Gasteiger partial charge in [-0.2, -0.15) is 5.10 Å².